The maximum Gasteiger partial charge on any atom is 0.433 e. The summed E-state index contributed by atoms with van der Waals surface area (Å²) in [6, 6.07) is 5.99. The van der Waals surface area contributed by atoms with Crippen LogP contribution in [0.3, 0.4) is 0 Å². The Kier molecular flexibility index (Phi) is 5.81. The van der Waals surface area contributed by atoms with Crippen LogP contribution in [-0.2, 0) is 6.18 Å². The third kappa shape index (κ3) is 4.36. The number of ether oxygens (including phenoxy) is 2. The molecule has 0 bridgehead atoms. The van der Waals surface area contributed by atoms with Gasteiger partial charge in [-0.25, -0.2) is 9.97 Å². The normalized spacial score (nSPS) is 14.7. The molecule has 0 radical (unpaired) electrons. The standard InChI is InChI=1S/C19H21F3N4O3/c1-12-23-15(19(20,21)22)11-16(24-12)25-7-9-26(10-8-25)18(27)13-5-4-6-14(28-2)17(13)29-3/h4-6,11H,7-10H2,1-3H3. The SMILES string of the molecule is COc1cccc(C(=O)N2CCN(c3cc(C(F)(F)F)nc(C)n3)CC2)c1OC. The Morgan fingerprint density at radius 2 is 1.76 bits per heavy atom. The highest BCUT2D eigenvalue weighted by atomic mass is 19.4. The second kappa shape index (κ2) is 8.14. The van der Waals surface area contributed by atoms with Crippen molar-refractivity contribution < 1.29 is 27.4 Å². The number of hydrogen-bond acceptors (Lipinski definition) is 6. The van der Waals surface area contributed by atoms with Crippen LogP contribution in [0.15, 0.2) is 24.3 Å². The molecule has 156 valence electrons. The molecule has 1 fully saturated rings. The van der Waals surface area contributed by atoms with Gasteiger partial charge in [0.1, 0.15) is 17.3 Å². The number of aromatic nitrogens is 2. The van der Waals surface area contributed by atoms with Crippen LogP contribution in [0, 0.1) is 6.92 Å². The van der Waals surface area contributed by atoms with E-state index in [1.165, 1.54) is 21.1 Å². The smallest absolute Gasteiger partial charge is 0.433 e. The molecule has 1 aromatic heterocycles. The van der Waals surface area contributed by atoms with Gasteiger partial charge in [-0.2, -0.15) is 13.2 Å². The molecular weight excluding hydrogens is 389 g/mol. The number of hydrogen-bond donors (Lipinski definition) is 0. The lowest BCUT2D eigenvalue weighted by Crippen LogP contribution is -2.49. The highest BCUT2D eigenvalue weighted by Crippen LogP contribution is 2.32. The van der Waals surface area contributed by atoms with Crippen molar-refractivity contribution in [2.75, 3.05) is 45.3 Å². The van der Waals surface area contributed by atoms with E-state index in [1.54, 1.807) is 28.0 Å². The summed E-state index contributed by atoms with van der Waals surface area (Å²) in [6.45, 7) is 2.80. The molecule has 7 nitrogen and oxygen atoms in total. The van der Waals surface area contributed by atoms with Crippen LogP contribution in [0.2, 0.25) is 0 Å². The molecule has 3 rings (SSSR count). The molecule has 29 heavy (non-hydrogen) atoms. The zero-order valence-electron chi connectivity index (χ0n) is 16.3. The molecule has 1 amide bonds. The number of rotatable bonds is 4. The van der Waals surface area contributed by atoms with Crippen molar-refractivity contribution in [3.8, 4) is 11.5 Å². The molecule has 0 unspecified atom stereocenters. The number of carbonyl (C=O) groups is 1. The summed E-state index contributed by atoms with van der Waals surface area (Å²) in [5.74, 6) is 0.831. The van der Waals surface area contributed by atoms with E-state index in [0.29, 0.717) is 43.2 Å². The highest BCUT2D eigenvalue weighted by Gasteiger charge is 2.34. The average molecular weight is 410 g/mol. The number of benzene rings is 1. The quantitative estimate of drug-likeness (QED) is 0.772. The molecule has 0 spiro atoms. The van der Waals surface area contributed by atoms with Gasteiger partial charge >= 0.3 is 6.18 Å². The summed E-state index contributed by atoms with van der Waals surface area (Å²) in [4.78, 5) is 23.9. The number of methoxy groups -OCH3 is 2. The Morgan fingerprint density at radius 1 is 1.07 bits per heavy atom. The predicted octanol–water partition coefficient (Wildman–Crippen LogP) is 2.78. The number of alkyl halides is 3. The van der Waals surface area contributed by atoms with Gasteiger partial charge in [0.05, 0.1) is 19.8 Å². The van der Waals surface area contributed by atoms with Crippen molar-refractivity contribution in [2.24, 2.45) is 0 Å². The van der Waals surface area contributed by atoms with Gasteiger partial charge in [0.25, 0.3) is 5.91 Å². The zero-order valence-corrected chi connectivity index (χ0v) is 16.3. The first-order valence-electron chi connectivity index (χ1n) is 8.92. The van der Waals surface area contributed by atoms with E-state index >= 15 is 0 Å². The van der Waals surface area contributed by atoms with E-state index in [-0.39, 0.29) is 17.5 Å². The first-order valence-corrected chi connectivity index (χ1v) is 8.92. The van der Waals surface area contributed by atoms with Gasteiger partial charge < -0.3 is 19.3 Å². The second-order valence-electron chi connectivity index (χ2n) is 6.48. The number of carbonyl (C=O) groups excluding carboxylic acids is 1. The number of amides is 1. The van der Waals surface area contributed by atoms with Gasteiger partial charge in [0, 0.05) is 32.2 Å². The molecule has 1 aliphatic rings. The lowest BCUT2D eigenvalue weighted by molar-refractivity contribution is -0.141. The molecule has 0 atom stereocenters. The minimum absolute atomic E-state index is 0.0504. The Bertz CT molecular complexity index is 897. The minimum atomic E-state index is -4.54. The largest absolute Gasteiger partial charge is 0.493 e. The summed E-state index contributed by atoms with van der Waals surface area (Å²) in [5.41, 5.74) is -0.600. The van der Waals surface area contributed by atoms with Crippen LogP contribution in [0.4, 0.5) is 19.0 Å². The van der Waals surface area contributed by atoms with Crippen LogP contribution < -0.4 is 14.4 Å². The fourth-order valence-electron chi connectivity index (χ4n) is 3.22. The third-order valence-corrected chi connectivity index (χ3v) is 4.64. The Hall–Kier alpha value is -3.04. The zero-order chi connectivity index (χ0) is 21.2. The van der Waals surface area contributed by atoms with Crippen molar-refractivity contribution in [2.45, 2.75) is 13.1 Å². The van der Waals surface area contributed by atoms with Crippen molar-refractivity contribution in [3.05, 3.63) is 41.3 Å². The fourth-order valence-corrected chi connectivity index (χ4v) is 3.22. The van der Waals surface area contributed by atoms with Crippen molar-refractivity contribution in [1.82, 2.24) is 14.9 Å². The fraction of sp³-hybridized carbons (Fsp3) is 0.421. The summed E-state index contributed by atoms with van der Waals surface area (Å²) in [6.07, 6.45) is -4.54. The first kappa shape index (κ1) is 20.7. The van der Waals surface area contributed by atoms with Crippen LogP contribution in [0.25, 0.3) is 0 Å². The number of aryl methyl sites for hydroxylation is 1. The van der Waals surface area contributed by atoms with Crippen LogP contribution in [-0.4, -0.2) is 61.2 Å². The number of piperazine rings is 1. The molecule has 2 aromatic rings. The van der Waals surface area contributed by atoms with Crippen LogP contribution in [0.5, 0.6) is 11.5 Å². The number of para-hydroxylation sites is 1. The van der Waals surface area contributed by atoms with E-state index < -0.39 is 11.9 Å². The van der Waals surface area contributed by atoms with Gasteiger partial charge in [-0.1, -0.05) is 6.07 Å². The molecule has 0 N–H and O–H groups in total. The Labute approximate surface area is 166 Å². The molecule has 2 heterocycles. The van der Waals surface area contributed by atoms with Gasteiger partial charge in [0.2, 0.25) is 0 Å². The van der Waals surface area contributed by atoms with Gasteiger partial charge in [-0.3, -0.25) is 4.79 Å². The minimum Gasteiger partial charge on any atom is -0.493 e. The van der Waals surface area contributed by atoms with E-state index in [0.717, 1.165) is 6.07 Å². The molecule has 1 aromatic carbocycles. The van der Waals surface area contributed by atoms with Gasteiger partial charge in [-0.05, 0) is 19.1 Å². The van der Waals surface area contributed by atoms with Crippen LogP contribution >= 0.6 is 0 Å². The molecule has 0 aliphatic carbocycles. The second-order valence-corrected chi connectivity index (χ2v) is 6.48. The summed E-state index contributed by atoms with van der Waals surface area (Å²) < 4.78 is 49.6. The molecule has 10 heteroatoms. The van der Waals surface area contributed by atoms with E-state index in [9.17, 15) is 18.0 Å². The Balaban J connectivity index is 1.75. The molecule has 0 saturated carbocycles. The third-order valence-electron chi connectivity index (χ3n) is 4.64. The first-order chi connectivity index (χ1) is 13.7. The van der Waals surface area contributed by atoms with Gasteiger partial charge in [-0.15, -0.1) is 0 Å². The highest BCUT2D eigenvalue weighted by molar-refractivity contribution is 5.98. The maximum absolute atomic E-state index is 13.0. The lowest BCUT2D eigenvalue weighted by atomic mass is 10.1. The number of halogens is 3. The van der Waals surface area contributed by atoms with Crippen molar-refractivity contribution >= 4 is 11.7 Å². The summed E-state index contributed by atoms with van der Waals surface area (Å²) >= 11 is 0. The number of anilines is 1. The molecule has 1 saturated heterocycles. The molecular formula is C19H21F3N4O3. The van der Waals surface area contributed by atoms with Crippen LogP contribution in [0.1, 0.15) is 21.9 Å². The van der Waals surface area contributed by atoms with Gasteiger partial charge in [0.15, 0.2) is 11.5 Å². The van der Waals surface area contributed by atoms with E-state index in [4.69, 9.17) is 9.47 Å². The average Bonchev–Trinajstić information content (AvgIpc) is 2.71. The van der Waals surface area contributed by atoms with Crippen molar-refractivity contribution in [3.63, 3.8) is 0 Å². The van der Waals surface area contributed by atoms with Crippen molar-refractivity contribution in [1.29, 1.82) is 0 Å². The number of nitrogens with zero attached hydrogens (tertiary/aromatic N) is 4. The molecule has 1 aliphatic heterocycles. The summed E-state index contributed by atoms with van der Waals surface area (Å²) in [5, 5.41) is 0. The monoisotopic (exact) mass is 410 g/mol. The predicted molar refractivity (Wildman–Crippen MR) is 99.4 cm³/mol. The maximum atomic E-state index is 13.0. The Morgan fingerprint density at radius 3 is 2.34 bits per heavy atom. The van der Waals surface area contributed by atoms with E-state index in [2.05, 4.69) is 9.97 Å². The lowest BCUT2D eigenvalue weighted by Gasteiger charge is -2.35. The van der Waals surface area contributed by atoms with E-state index in [1.807, 2.05) is 0 Å². The topological polar surface area (TPSA) is 67.8 Å². The summed E-state index contributed by atoms with van der Waals surface area (Å²) in [7, 11) is 2.95.